The Morgan fingerprint density at radius 1 is 1.21 bits per heavy atom. The van der Waals surface area contributed by atoms with Crippen LogP contribution in [0.5, 0.6) is 5.75 Å². The molecule has 19 heavy (non-hydrogen) atoms. The predicted molar refractivity (Wildman–Crippen MR) is 72.9 cm³/mol. The van der Waals surface area contributed by atoms with E-state index in [2.05, 4.69) is 17.1 Å². The van der Waals surface area contributed by atoms with E-state index in [4.69, 9.17) is 14.9 Å². The van der Waals surface area contributed by atoms with Crippen molar-refractivity contribution in [3.8, 4) is 17.2 Å². The van der Waals surface area contributed by atoms with Crippen molar-refractivity contribution in [3.63, 3.8) is 0 Å². The van der Waals surface area contributed by atoms with E-state index in [1.807, 2.05) is 24.3 Å². The Labute approximate surface area is 112 Å². The van der Waals surface area contributed by atoms with Crippen LogP contribution in [0.4, 0.5) is 0 Å². The van der Waals surface area contributed by atoms with Gasteiger partial charge in [0.2, 0.25) is 11.8 Å². The maximum atomic E-state index is 5.60. The average Bonchev–Trinajstić information content (AvgIpc) is 2.89. The number of hydrogen-bond donors (Lipinski definition) is 1. The highest BCUT2D eigenvalue weighted by atomic mass is 16.5. The second kappa shape index (κ2) is 6.89. The quantitative estimate of drug-likeness (QED) is 0.775. The zero-order valence-corrected chi connectivity index (χ0v) is 11.1. The fourth-order valence-corrected chi connectivity index (χ4v) is 1.62. The minimum atomic E-state index is 0.506. The number of ether oxygens (including phenoxy) is 1. The Kier molecular flexibility index (Phi) is 4.92. The van der Waals surface area contributed by atoms with Crippen LogP contribution in [0.1, 0.15) is 25.7 Å². The second-order valence-corrected chi connectivity index (χ2v) is 4.27. The Balaban J connectivity index is 2.00. The summed E-state index contributed by atoms with van der Waals surface area (Å²) >= 11 is 0. The molecule has 5 heteroatoms. The maximum absolute atomic E-state index is 5.60. The SMILES string of the molecule is CCCCOc1ccc(-c2nnc(CCN)o2)cc1. The fourth-order valence-electron chi connectivity index (χ4n) is 1.62. The van der Waals surface area contributed by atoms with Gasteiger partial charge in [-0.3, -0.25) is 0 Å². The molecule has 102 valence electrons. The minimum Gasteiger partial charge on any atom is -0.494 e. The van der Waals surface area contributed by atoms with Gasteiger partial charge in [-0.2, -0.15) is 0 Å². The molecule has 0 amide bonds. The van der Waals surface area contributed by atoms with Gasteiger partial charge in [0.15, 0.2) is 0 Å². The molecule has 0 aliphatic carbocycles. The maximum Gasteiger partial charge on any atom is 0.247 e. The molecule has 1 aromatic carbocycles. The van der Waals surface area contributed by atoms with Crippen LogP contribution in [0.2, 0.25) is 0 Å². The normalized spacial score (nSPS) is 10.6. The largest absolute Gasteiger partial charge is 0.494 e. The van der Waals surface area contributed by atoms with E-state index in [9.17, 15) is 0 Å². The summed E-state index contributed by atoms with van der Waals surface area (Å²) < 4.78 is 11.1. The highest BCUT2D eigenvalue weighted by Gasteiger charge is 2.07. The lowest BCUT2D eigenvalue weighted by molar-refractivity contribution is 0.309. The molecule has 1 aromatic heterocycles. The lowest BCUT2D eigenvalue weighted by Crippen LogP contribution is -2.02. The Morgan fingerprint density at radius 2 is 2.00 bits per heavy atom. The number of rotatable bonds is 7. The van der Waals surface area contributed by atoms with Crippen LogP contribution in [0.15, 0.2) is 28.7 Å². The number of hydrogen-bond acceptors (Lipinski definition) is 5. The van der Waals surface area contributed by atoms with Gasteiger partial charge in [0.05, 0.1) is 6.61 Å². The van der Waals surface area contributed by atoms with Gasteiger partial charge in [0.1, 0.15) is 5.75 Å². The van der Waals surface area contributed by atoms with E-state index in [0.717, 1.165) is 30.8 Å². The summed E-state index contributed by atoms with van der Waals surface area (Å²) in [5.41, 5.74) is 6.33. The van der Waals surface area contributed by atoms with E-state index in [-0.39, 0.29) is 0 Å². The molecule has 0 fully saturated rings. The molecule has 0 radical (unpaired) electrons. The Morgan fingerprint density at radius 3 is 2.68 bits per heavy atom. The molecule has 0 atom stereocenters. The van der Waals surface area contributed by atoms with Crippen molar-refractivity contribution in [2.75, 3.05) is 13.2 Å². The molecule has 0 saturated heterocycles. The molecule has 0 spiro atoms. The molecule has 0 bridgehead atoms. The third kappa shape index (κ3) is 3.79. The van der Waals surface area contributed by atoms with Gasteiger partial charge in [-0.15, -0.1) is 10.2 Å². The molecule has 5 nitrogen and oxygen atoms in total. The number of nitrogens with zero attached hydrogens (tertiary/aromatic N) is 2. The summed E-state index contributed by atoms with van der Waals surface area (Å²) in [5.74, 6) is 1.95. The van der Waals surface area contributed by atoms with Gasteiger partial charge >= 0.3 is 0 Å². The van der Waals surface area contributed by atoms with Gasteiger partial charge in [-0.05, 0) is 30.7 Å². The molecule has 1 heterocycles. The van der Waals surface area contributed by atoms with E-state index in [1.165, 1.54) is 0 Å². The van der Waals surface area contributed by atoms with E-state index >= 15 is 0 Å². The van der Waals surface area contributed by atoms with E-state index < -0.39 is 0 Å². The zero-order valence-electron chi connectivity index (χ0n) is 11.1. The summed E-state index contributed by atoms with van der Waals surface area (Å²) in [4.78, 5) is 0. The van der Waals surface area contributed by atoms with Gasteiger partial charge in [0, 0.05) is 18.5 Å². The van der Waals surface area contributed by atoms with Gasteiger partial charge in [-0.25, -0.2) is 0 Å². The molecule has 0 unspecified atom stereocenters. The highest BCUT2D eigenvalue weighted by Crippen LogP contribution is 2.21. The van der Waals surface area contributed by atoms with Crippen molar-refractivity contribution in [2.45, 2.75) is 26.2 Å². The summed E-state index contributed by atoms with van der Waals surface area (Å²) in [6.07, 6.45) is 2.79. The van der Waals surface area contributed by atoms with Crippen molar-refractivity contribution < 1.29 is 9.15 Å². The van der Waals surface area contributed by atoms with Crippen molar-refractivity contribution in [2.24, 2.45) is 5.73 Å². The average molecular weight is 261 g/mol. The van der Waals surface area contributed by atoms with Crippen LogP contribution >= 0.6 is 0 Å². The summed E-state index contributed by atoms with van der Waals surface area (Å²) in [5, 5.41) is 7.93. The summed E-state index contributed by atoms with van der Waals surface area (Å²) in [6.45, 7) is 3.39. The minimum absolute atomic E-state index is 0.506. The van der Waals surface area contributed by atoms with Crippen LogP contribution < -0.4 is 10.5 Å². The number of aromatic nitrogens is 2. The second-order valence-electron chi connectivity index (χ2n) is 4.27. The van der Waals surface area contributed by atoms with Gasteiger partial charge in [-0.1, -0.05) is 13.3 Å². The Hall–Kier alpha value is -1.88. The van der Waals surface area contributed by atoms with Crippen molar-refractivity contribution in [3.05, 3.63) is 30.2 Å². The smallest absolute Gasteiger partial charge is 0.247 e. The molecule has 0 saturated carbocycles. The summed E-state index contributed by atoms with van der Waals surface area (Å²) in [7, 11) is 0. The third-order valence-electron chi connectivity index (χ3n) is 2.69. The zero-order chi connectivity index (χ0) is 13.5. The highest BCUT2D eigenvalue weighted by molar-refractivity contribution is 5.53. The first-order valence-electron chi connectivity index (χ1n) is 6.59. The first kappa shape index (κ1) is 13.5. The monoisotopic (exact) mass is 261 g/mol. The van der Waals surface area contributed by atoms with Crippen molar-refractivity contribution in [1.82, 2.24) is 10.2 Å². The number of unbranched alkanes of at least 4 members (excludes halogenated alkanes) is 1. The fraction of sp³-hybridized carbons (Fsp3) is 0.429. The first-order chi connectivity index (χ1) is 9.33. The molecule has 2 aromatic rings. The number of benzene rings is 1. The van der Waals surface area contributed by atoms with Gasteiger partial charge in [0.25, 0.3) is 0 Å². The van der Waals surface area contributed by atoms with E-state index in [0.29, 0.717) is 24.7 Å². The molecule has 2 rings (SSSR count). The third-order valence-corrected chi connectivity index (χ3v) is 2.69. The lowest BCUT2D eigenvalue weighted by Gasteiger charge is -2.04. The van der Waals surface area contributed by atoms with Gasteiger partial charge < -0.3 is 14.9 Å². The first-order valence-corrected chi connectivity index (χ1v) is 6.59. The molecule has 0 aliphatic rings. The van der Waals surface area contributed by atoms with E-state index in [1.54, 1.807) is 0 Å². The van der Waals surface area contributed by atoms with Crippen molar-refractivity contribution >= 4 is 0 Å². The molecule has 0 aliphatic heterocycles. The predicted octanol–water partition coefficient (Wildman–Crippen LogP) is 2.42. The van der Waals surface area contributed by atoms with Crippen LogP contribution in [0, 0.1) is 0 Å². The molecular formula is C14H19N3O2. The van der Waals surface area contributed by atoms with Crippen LogP contribution in [0.3, 0.4) is 0 Å². The topological polar surface area (TPSA) is 74.2 Å². The molecule has 2 N–H and O–H groups in total. The van der Waals surface area contributed by atoms with Crippen LogP contribution in [0.25, 0.3) is 11.5 Å². The van der Waals surface area contributed by atoms with Crippen LogP contribution in [-0.2, 0) is 6.42 Å². The molecular weight excluding hydrogens is 242 g/mol. The lowest BCUT2D eigenvalue weighted by atomic mass is 10.2. The standard InChI is InChI=1S/C14H19N3O2/c1-2-3-10-18-12-6-4-11(5-7-12)14-17-16-13(19-14)8-9-15/h4-7H,2-3,8-10,15H2,1H3. The summed E-state index contributed by atoms with van der Waals surface area (Å²) in [6, 6.07) is 7.66. The van der Waals surface area contributed by atoms with Crippen LogP contribution in [-0.4, -0.2) is 23.3 Å². The number of nitrogens with two attached hydrogens (primary N) is 1. The van der Waals surface area contributed by atoms with Crippen molar-refractivity contribution in [1.29, 1.82) is 0 Å². The Bertz CT molecular complexity index is 494.